The van der Waals surface area contributed by atoms with Crippen LogP contribution in [0.5, 0.6) is 11.5 Å². The number of ether oxygens (including phenoxy) is 2. The van der Waals surface area contributed by atoms with Crippen molar-refractivity contribution in [1.82, 2.24) is 0 Å². The molecule has 0 amide bonds. The molecule has 2 rings (SSSR count). The van der Waals surface area contributed by atoms with Crippen LogP contribution in [-0.2, 0) is 0 Å². The van der Waals surface area contributed by atoms with Crippen LogP contribution in [-0.4, -0.2) is 19.9 Å². The molecule has 90 valence electrons. The van der Waals surface area contributed by atoms with Crippen molar-refractivity contribution in [2.45, 2.75) is 12.5 Å². The van der Waals surface area contributed by atoms with Crippen LogP contribution < -0.4 is 15.2 Å². The molecule has 16 heavy (non-hydrogen) atoms. The fourth-order valence-corrected chi connectivity index (χ4v) is 1.66. The molecule has 1 atom stereocenters. The van der Waals surface area contributed by atoms with Gasteiger partial charge in [0, 0.05) is 11.6 Å². The molecule has 1 aliphatic rings. The van der Waals surface area contributed by atoms with Crippen molar-refractivity contribution in [2.24, 2.45) is 5.73 Å². The molecule has 0 bridgehead atoms. The van der Waals surface area contributed by atoms with Crippen molar-refractivity contribution in [3.05, 3.63) is 23.8 Å². The number of nitrogens with two attached hydrogens (primary N) is 1. The average molecular weight is 248 g/mol. The highest BCUT2D eigenvalue weighted by Crippen LogP contribution is 2.36. The second-order valence-electron chi connectivity index (χ2n) is 3.46. The van der Waals surface area contributed by atoms with Crippen molar-refractivity contribution in [1.29, 1.82) is 0 Å². The molecule has 0 fully saturated rings. The molecule has 2 N–H and O–H groups in total. The van der Waals surface area contributed by atoms with E-state index in [1.807, 2.05) is 18.2 Å². The SMILES string of the molecule is Cl.N[C@@H](CCF)c1cccc2c1OCCO2. The second-order valence-corrected chi connectivity index (χ2v) is 3.46. The normalized spacial score (nSPS) is 15.1. The molecule has 1 heterocycles. The predicted octanol–water partition coefficient (Wildman–Crippen LogP) is 2.24. The Morgan fingerprint density at radius 3 is 2.81 bits per heavy atom. The van der Waals surface area contributed by atoms with Crippen LogP contribution in [0.25, 0.3) is 0 Å². The van der Waals surface area contributed by atoms with E-state index in [-0.39, 0.29) is 18.4 Å². The zero-order valence-corrected chi connectivity index (χ0v) is 9.63. The number of alkyl halides is 1. The van der Waals surface area contributed by atoms with Crippen molar-refractivity contribution in [3.63, 3.8) is 0 Å². The fourth-order valence-electron chi connectivity index (χ4n) is 1.66. The van der Waals surface area contributed by atoms with Gasteiger partial charge in [0.25, 0.3) is 0 Å². The van der Waals surface area contributed by atoms with Gasteiger partial charge in [0.1, 0.15) is 13.2 Å². The lowest BCUT2D eigenvalue weighted by Crippen LogP contribution is -2.19. The number of hydrogen-bond donors (Lipinski definition) is 1. The molecule has 3 nitrogen and oxygen atoms in total. The Morgan fingerprint density at radius 1 is 1.31 bits per heavy atom. The highest BCUT2D eigenvalue weighted by atomic mass is 35.5. The van der Waals surface area contributed by atoms with E-state index < -0.39 is 6.67 Å². The molecular formula is C11H15ClFNO2. The van der Waals surface area contributed by atoms with E-state index in [9.17, 15) is 4.39 Å². The van der Waals surface area contributed by atoms with Gasteiger partial charge in [-0.3, -0.25) is 4.39 Å². The Kier molecular flexibility index (Phi) is 4.83. The van der Waals surface area contributed by atoms with Crippen molar-refractivity contribution >= 4 is 12.4 Å². The highest BCUT2D eigenvalue weighted by Gasteiger charge is 2.19. The quantitative estimate of drug-likeness (QED) is 0.891. The lowest BCUT2D eigenvalue weighted by Gasteiger charge is -2.23. The van der Waals surface area contributed by atoms with E-state index in [0.29, 0.717) is 31.1 Å². The van der Waals surface area contributed by atoms with Gasteiger partial charge in [-0.2, -0.15) is 0 Å². The minimum Gasteiger partial charge on any atom is -0.486 e. The van der Waals surface area contributed by atoms with Crippen LogP contribution in [0.15, 0.2) is 18.2 Å². The first-order valence-electron chi connectivity index (χ1n) is 5.03. The summed E-state index contributed by atoms with van der Waals surface area (Å²) < 4.78 is 23.1. The van der Waals surface area contributed by atoms with E-state index in [1.165, 1.54) is 0 Å². The monoisotopic (exact) mass is 247 g/mol. The van der Waals surface area contributed by atoms with E-state index in [2.05, 4.69) is 0 Å². The Bertz CT molecular complexity index is 349. The number of rotatable bonds is 3. The predicted molar refractivity (Wildman–Crippen MR) is 62.2 cm³/mol. The number of fused-ring (bicyclic) bond motifs is 1. The van der Waals surface area contributed by atoms with Gasteiger partial charge in [-0.25, -0.2) is 0 Å². The lowest BCUT2D eigenvalue weighted by molar-refractivity contribution is 0.169. The van der Waals surface area contributed by atoms with Crippen LogP contribution >= 0.6 is 12.4 Å². The highest BCUT2D eigenvalue weighted by molar-refractivity contribution is 5.85. The van der Waals surface area contributed by atoms with Crippen LogP contribution in [0.3, 0.4) is 0 Å². The Labute approximate surface area is 100 Å². The van der Waals surface area contributed by atoms with E-state index in [0.717, 1.165) is 5.56 Å². The van der Waals surface area contributed by atoms with Gasteiger partial charge in [-0.05, 0) is 12.5 Å². The molecule has 0 saturated carbocycles. The summed E-state index contributed by atoms with van der Waals surface area (Å²) in [4.78, 5) is 0. The summed E-state index contributed by atoms with van der Waals surface area (Å²) in [5.41, 5.74) is 6.68. The van der Waals surface area contributed by atoms with Crippen LogP contribution in [0.2, 0.25) is 0 Å². The maximum Gasteiger partial charge on any atom is 0.166 e. The lowest BCUT2D eigenvalue weighted by atomic mass is 10.0. The maximum atomic E-state index is 12.2. The molecule has 0 saturated heterocycles. The smallest absolute Gasteiger partial charge is 0.166 e. The fraction of sp³-hybridized carbons (Fsp3) is 0.455. The first-order valence-corrected chi connectivity index (χ1v) is 5.03. The van der Waals surface area contributed by atoms with Crippen molar-refractivity contribution in [3.8, 4) is 11.5 Å². The summed E-state index contributed by atoms with van der Waals surface area (Å²) >= 11 is 0. The zero-order valence-electron chi connectivity index (χ0n) is 8.82. The van der Waals surface area contributed by atoms with Gasteiger partial charge in [-0.1, -0.05) is 12.1 Å². The number of para-hydroxylation sites is 1. The molecule has 0 aliphatic carbocycles. The van der Waals surface area contributed by atoms with Crippen LogP contribution in [0, 0.1) is 0 Å². The Morgan fingerprint density at radius 2 is 2.06 bits per heavy atom. The van der Waals surface area contributed by atoms with E-state index in [1.54, 1.807) is 0 Å². The Hall–Kier alpha value is -1.00. The number of hydrogen-bond acceptors (Lipinski definition) is 3. The standard InChI is InChI=1S/C11H14FNO2.ClH/c12-5-4-9(13)8-2-1-3-10-11(8)15-7-6-14-10;/h1-3,9H,4-7,13H2;1H/t9-;/m0./s1. The molecule has 0 unspecified atom stereocenters. The summed E-state index contributed by atoms with van der Waals surface area (Å²) in [5.74, 6) is 1.37. The molecule has 0 aromatic heterocycles. The molecule has 0 radical (unpaired) electrons. The van der Waals surface area contributed by atoms with Crippen molar-refractivity contribution in [2.75, 3.05) is 19.9 Å². The first kappa shape index (κ1) is 13.1. The van der Waals surface area contributed by atoms with Gasteiger partial charge in [0.05, 0.1) is 6.67 Å². The zero-order chi connectivity index (χ0) is 10.7. The summed E-state index contributed by atoms with van der Waals surface area (Å²) in [6, 6.07) is 5.21. The van der Waals surface area contributed by atoms with Crippen LogP contribution in [0.4, 0.5) is 4.39 Å². The minimum atomic E-state index is -0.425. The van der Waals surface area contributed by atoms with Gasteiger partial charge in [0.15, 0.2) is 11.5 Å². The van der Waals surface area contributed by atoms with Crippen LogP contribution in [0.1, 0.15) is 18.0 Å². The third-order valence-electron chi connectivity index (χ3n) is 2.42. The maximum absolute atomic E-state index is 12.2. The number of halogens is 2. The summed E-state index contributed by atoms with van der Waals surface area (Å²) in [6.07, 6.45) is 0.305. The third kappa shape index (κ3) is 2.57. The second kappa shape index (κ2) is 5.92. The first-order chi connectivity index (χ1) is 7.33. The summed E-state index contributed by atoms with van der Waals surface area (Å²) in [6.45, 7) is 0.646. The third-order valence-corrected chi connectivity index (χ3v) is 2.42. The molecular weight excluding hydrogens is 233 g/mol. The average Bonchev–Trinajstić information content (AvgIpc) is 2.28. The summed E-state index contributed by atoms with van der Waals surface area (Å²) in [7, 11) is 0. The molecule has 5 heteroatoms. The molecule has 1 aromatic rings. The topological polar surface area (TPSA) is 44.5 Å². The number of benzene rings is 1. The van der Waals surface area contributed by atoms with E-state index >= 15 is 0 Å². The van der Waals surface area contributed by atoms with Gasteiger partial charge < -0.3 is 15.2 Å². The Balaban J connectivity index is 0.00000128. The summed E-state index contributed by atoms with van der Waals surface area (Å²) in [5, 5.41) is 0. The van der Waals surface area contributed by atoms with Gasteiger partial charge >= 0.3 is 0 Å². The largest absolute Gasteiger partial charge is 0.486 e. The molecule has 0 spiro atoms. The molecule has 1 aromatic carbocycles. The minimum absolute atomic E-state index is 0. The molecule has 1 aliphatic heterocycles. The van der Waals surface area contributed by atoms with Gasteiger partial charge in [-0.15, -0.1) is 12.4 Å². The van der Waals surface area contributed by atoms with Gasteiger partial charge in [0.2, 0.25) is 0 Å². The van der Waals surface area contributed by atoms with E-state index in [4.69, 9.17) is 15.2 Å². The van der Waals surface area contributed by atoms with Crippen molar-refractivity contribution < 1.29 is 13.9 Å².